The average molecular weight is 505 g/mol. The number of halogens is 2. The highest BCUT2D eigenvalue weighted by atomic mass is 19.1. The molecule has 1 fully saturated rings. The standard InChI is InChI=1S/C25H21F2N7O3/c26-16-7-15(8-17(27)9-16)20-1-2-23-31-32-24(34(23)33-20)12-29-21-3-4-28-22-10-18(11-30-25(21)22)37-14-19-13-35-5-6-36-19/h1-4,7-11,19H,5-6,12-14H2,(H,28,29). The predicted octanol–water partition coefficient (Wildman–Crippen LogP) is 3.42. The molecule has 1 N–H and O–H groups in total. The molecule has 0 spiro atoms. The van der Waals surface area contributed by atoms with Gasteiger partial charge in [-0.15, -0.1) is 10.2 Å². The van der Waals surface area contributed by atoms with Gasteiger partial charge < -0.3 is 19.5 Å². The third kappa shape index (κ3) is 5.01. The van der Waals surface area contributed by atoms with E-state index in [1.807, 2.05) is 6.07 Å². The van der Waals surface area contributed by atoms with Crippen molar-refractivity contribution >= 4 is 22.4 Å². The van der Waals surface area contributed by atoms with Crippen molar-refractivity contribution < 1.29 is 23.0 Å². The minimum atomic E-state index is -0.676. The molecule has 0 aliphatic carbocycles. The second-order valence-corrected chi connectivity index (χ2v) is 8.39. The van der Waals surface area contributed by atoms with Gasteiger partial charge in [-0.1, -0.05) is 0 Å². The minimum Gasteiger partial charge on any atom is -0.489 e. The van der Waals surface area contributed by atoms with E-state index in [-0.39, 0.29) is 12.6 Å². The second-order valence-electron chi connectivity index (χ2n) is 8.39. The van der Waals surface area contributed by atoms with Crippen molar-refractivity contribution in [3.05, 3.63) is 72.3 Å². The summed E-state index contributed by atoms with van der Waals surface area (Å²) < 4.78 is 45.7. The highest BCUT2D eigenvalue weighted by Gasteiger charge is 2.16. The first-order valence-corrected chi connectivity index (χ1v) is 11.6. The van der Waals surface area contributed by atoms with Gasteiger partial charge in [0.2, 0.25) is 0 Å². The molecule has 0 bridgehead atoms. The Bertz CT molecular complexity index is 1550. The molecule has 188 valence electrons. The van der Waals surface area contributed by atoms with Crippen molar-refractivity contribution in [1.82, 2.24) is 29.8 Å². The Kier molecular flexibility index (Phi) is 6.25. The van der Waals surface area contributed by atoms with Crippen molar-refractivity contribution in [3.8, 4) is 17.0 Å². The number of benzene rings is 1. The zero-order valence-electron chi connectivity index (χ0n) is 19.5. The zero-order valence-corrected chi connectivity index (χ0v) is 19.5. The third-order valence-electron chi connectivity index (χ3n) is 5.80. The Morgan fingerprint density at radius 1 is 1.03 bits per heavy atom. The number of ether oxygens (including phenoxy) is 3. The Morgan fingerprint density at radius 2 is 1.92 bits per heavy atom. The SMILES string of the molecule is Fc1cc(F)cc(-c2ccc3nnc(CNc4ccnc5cc(OCC6COCCO6)cnc45)n3n2)c1. The van der Waals surface area contributed by atoms with Crippen LogP contribution in [0.15, 0.2) is 54.9 Å². The van der Waals surface area contributed by atoms with Crippen LogP contribution in [0, 0.1) is 11.6 Å². The number of rotatable bonds is 7. The zero-order chi connectivity index (χ0) is 25.2. The highest BCUT2D eigenvalue weighted by Crippen LogP contribution is 2.24. The molecule has 0 saturated carbocycles. The van der Waals surface area contributed by atoms with Gasteiger partial charge >= 0.3 is 0 Å². The second kappa shape index (κ2) is 9.99. The molecule has 37 heavy (non-hydrogen) atoms. The van der Waals surface area contributed by atoms with Crippen molar-refractivity contribution in [2.45, 2.75) is 12.6 Å². The molecule has 1 aliphatic heterocycles. The number of hydrogen-bond acceptors (Lipinski definition) is 9. The molecule has 1 saturated heterocycles. The van der Waals surface area contributed by atoms with Gasteiger partial charge in [-0.3, -0.25) is 4.98 Å². The molecule has 1 unspecified atom stereocenters. The molecule has 5 heterocycles. The number of anilines is 1. The number of nitrogens with one attached hydrogen (secondary N) is 1. The van der Waals surface area contributed by atoms with Crippen LogP contribution in [0.1, 0.15) is 5.82 Å². The smallest absolute Gasteiger partial charge is 0.178 e. The monoisotopic (exact) mass is 505 g/mol. The minimum absolute atomic E-state index is 0.113. The number of aromatic nitrogens is 6. The largest absolute Gasteiger partial charge is 0.489 e. The van der Waals surface area contributed by atoms with Crippen LogP contribution < -0.4 is 10.1 Å². The van der Waals surface area contributed by atoms with Crippen LogP contribution in [0.5, 0.6) is 5.75 Å². The van der Waals surface area contributed by atoms with E-state index in [9.17, 15) is 8.78 Å². The van der Waals surface area contributed by atoms with Gasteiger partial charge in [0, 0.05) is 23.9 Å². The van der Waals surface area contributed by atoms with Gasteiger partial charge in [-0.2, -0.15) is 9.61 Å². The molecule has 0 radical (unpaired) electrons. The summed E-state index contributed by atoms with van der Waals surface area (Å²) in [5.41, 5.74) is 3.26. The maximum atomic E-state index is 13.7. The quantitative estimate of drug-likeness (QED) is 0.356. The van der Waals surface area contributed by atoms with Crippen LogP contribution in [0.3, 0.4) is 0 Å². The van der Waals surface area contributed by atoms with Crippen LogP contribution in [0.2, 0.25) is 0 Å². The van der Waals surface area contributed by atoms with Gasteiger partial charge in [0.05, 0.1) is 49.5 Å². The van der Waals surface area contributed by atoms with E-state index >= 15 is 0 Å². The summed E-state index contributed by atoms with van der Waals surface area (Å²) in [6.07, 6.45) is 3.19. The topological polar surface area (TPSA) is 109 Å². The Balaban J connectivity index is 1.20. The van der Waals surface area contributed by atoms with Crippen LogP contribution >= 0.6 is 0 Å². The first-order valence-electron chi connectivity index (χ1n) is 11.6. The maximum absolute atomic E-state index is 13.7. The van der Waals surface area contributed by atoms with Crippen LogP contribution in [-0.4, -0.2) is 62.3 Å². The van der Waals surface area contributed by atoms with E-state index in [2.05, 4.69) is 30.6 Å². The van der Waals surface area contributed by atoms with E-state index in [1.54, 1.807) is 30.6 Å². The predicted molar refractivity (Wildman–Crippen MR) is 129 cm³/mol. The lowest BCUT2D eigenvalue weighted by atomic mass is 10.1. The van der Waals surface area contributed by atoms with Crippen LogP contribution in [0.25, 0.3) is 27.9 Å². The Hall–Kier alpha value is -4.29. The van der Waals surface area contributed by atoms with Crippen molar-refractivity contribution in [2.24, 2.45) is 0 Å². The van der Waals surface area contributed by atoms with Crippen molar-refractivity contribution in [2.75, 3.05) is 31.7 Å². The summed E-state index contributed by atoms with van der Waals surface area (Å²) in [7, 11) is 0. The van der Waals surface area contributed by atoms with Gasteiger partial charge in [0.1, 0.15) is 35.6 Å². The molecule has 5 aromatic rings. The van der Waals surface area contributed by atoms with E-state index in [0.717, 1.165) is 11.8 Å². The lowest BCUT2D eigenvalue weighted by Crippen LogP contribution is -2.33. The fourth-order valence-electron chi connectivity index (χ4n) is 4.03. The van der Waals surface area contributed by atoms with Gasteiger partial charge in [-0.25, -0.2) is 13.8 Å². The number of hydrogen-bond donors (Lipinski definition) is 1. The molecule has 10 nitrogen and oxygen atoms in total. The first kappa shape index (κ1) is 23.1. The summed E-state index contributed by atoms with van der Waals surface area (Å²) in [6, 6.07) is 10.2. The first-order chi connectivity index (χ1) is 18.1. The number of pyridine rings is 2. The number of nitrogens with zero attached hydrogens (tertiary/aromatic N) is 6. The highest BCUT2D eigenvalue weighted by molar-refractivity contribution is 5.87. The van der Waals surface area contributed by atoms with Gasteiger partial charge in [-0.05, 0) is 30.3 Å². The summed E-state index contributed by atoms with van der Waals surface area (Å²) in [4.78, 5) is 8.93. The third-order valence-corrected chi connectivity index (χ3v) is 5.80. The average Bonchev–Trinajstić information content (AvgIpc) is 3.33. The van der Waals surface area contributed by atoms with E-state index in [0.29, 0.717) is 65.9 Å². The molecule has 4 aromatic heterocycles. The van der Waals surface area contributed by atoms with E-state index in [1.165, 1.54) is 16.6 Å². The van der Waals surface area contributed by atoms with Gasteiger partial charge in [0.25, 0.3) is 0 Å². The molecule has 1 aliphatic rings. The summed E-state index contributed by atoms with van der Waals surface area (Å²) >= 11 is 0. The fraction of sp³-hybridized carbons (Fsp3) is 0.240. The van der Waals surface area contributed by atoms with E-state index < -0.39 is 11.6 Å². The normalized spacial score (nSPS) is 15.8. The fourth-order valence-corrected chi connectivity index (χ4v) is 4.03. The lowest BCUT2D eigenvalue weighted by Gasteiger charge is -2.22. The van der Waals surface area contributed by atoms with Crippen molar-refractivity contribution in [3.63, 3.8) is 0 Å². The Labute approximate surface area is 209 Å². The molecular weight excluding hydrogens is 484 g/mol. The molecule has 12 heteroatoms. The summed E-state index contributed by atoms with van der Waals surface area (Å²) in [5, 5.41) is 16.1. The summed E-state index contributed by atoms with van der Waals surface area (Å²) in [6.45, 7) is 2.29. The van der Waals surface area contributed by atoms with Crippen LogP contribution in [0.4, 0.5) is 14.5 Å². The molecule has 1 aromatic carbocycles. The summed E-state index contributed by atoms with van der Waals surface area (Å²) in [5.74, 6) is -0.261. The van der Waals surface area contributed by atoms with Crippen LogP contribution in [-0.2, 0) is 16.0 Å². The molecule has 1 atom stereocenters. The molecule has 6 rings (SSSR count). The van der Waals surface area contributed by atoms with Crippen molar-refractivity contribution in [1.29, 1.82) is 0 Å². The number of fused-ring (bicyclic) bond motifs is 2. The maximum Gasteiger partial charge on any atom is 0.178 e. The van der Waals surface area contributed by atoms with E-state index in [4.69, 9.17) is 14.2 Å². The molecular formula is C25H21F2N7O3. The Morgan fingerprint density at radius 3 is 2.76 bits per heavy atom. The van der Waals surface area contributed by atoms with Gasteiger partial charge in [0.15, 0.2) is 11.5 Å². The molecule has 0 amide bonds. The lowest BCUT2D eigenvalue weighted by molar-refractivity contribution is -0.101.